The molecular formula is C13H14ClN3. The number of nitrogens with one attached hydrogen (secondary N) is 1. The Morgan fingerprint density at radius 2 is 2.24 bits per heavy atom. The maximum Gasteiger partial charge on any atom is 0.207 e. The summed E-state index contributed by atoms with van der Waals surface area (Å²) >= 11 is 6.15. The van der Waals surface area contributed by atoms with Crippen molar-refractivity contribution >= 4 is 17.5 Å². The van der Waals surface area contributed by atoms with Crippen molar-refractivity contribution in [3.8, 4) is 5.69 Å². The highest BCUT2D eigenvalue weighted by molar-refractivity contribution is 6.31. The molecule has 1 heterocycles. The smallest absolute Gasteiger partial charge is 0.207 e. The lowest BCUT2D eigenvalue weighted by molar-refractivity contribution is 0.994. The average molecular weight is 248 g/mol. The highest BCUT2D eigenvalue weighted by atomic mass is 35.5. The van der Waals surface area contributed by atoms with Crippen molar-refractivity contribution in [1.29, 1.82) is 0 Å². The van der Waals surface area contributed by atoms with Gasteiger partial charge in [0.25, 0.3) is 0 Å². The van der Waals surface area contributed by atoms with E-state index >= 15 is 0 Å². The number of benzene rings is 1. The minimum absolute atomic E-state index is 0.593. The van der Waals surface area contributed by atoms with Crippen LogP contribution >= 0.6 is 11.6 Å². The third-order valence-corrected chi connectivity index (χ3v) is 3.46. The number of rotatable bonds is 3. The molecule has 0 amide bonds. The molecule has 0 atom stereocenters. The van der Waals surface area contributed by atoms with Gasteiger partial charge in [-0.15, -0.1) is 0 Å². The Labute approximate surface area is 105 Å². The van der Waals surface area contributed by atoms with E-state index in [9.17, 15) is 0 Å². The molecule has 1 saturated carbocycles. The van der Waals surface area contributed by atoms with Gasteiger partial charge in [-0.3, -0.25) is 4.57 Å². The van der Waals surface area contributed by atoms with Gasteiger partial charge >= 0.3 is 0 Å². The predicted octanol–water partition coefficient (Wildman–Crippen LogP) is 3.41. The van der Waals surface area contributed by atoms with E-state index in [0.717, 1.165) is 22.2 Å². The summed E-state index contributed by atoms with van der Waals surface area (Å²) in [4.78, 5) is 4.35. The maximum atomic E-state index is 6.15. The summed E-state index contributed by atoms with van der Waals surface area (Å²) in [6.45, 7) is 2.03. The average Bonchev–Trinajstić information content (AvgIpc) is 3.01. The number of hydrogen-bond acceptors (Lipinski definition) is 2. The fraction of sp³-hybridized carbons (Fsp3) is 0.308. The number of hydrogen-bond donors (Lipinski definition) is 1. The first-order valence-electron chi connectivity index (χ1n) is 5.81. The van der Waals surface area contributed by atoms with Gasteiger partial charge in [0.15, 0.2) is 0 Å². The minimum Gasteiger partial charge on any atom is -0.353 e. The summed E-state index contributed by atoms with van der Waals surface area (Å²) < 4.78 is 2.06. The minimum atomic E-state index is 0.593. The number of nitrogens with zero attached hydrogens (tertiary/aromatic N) is 2. The third kappa shape index (κ3) is 2.03. The molecule has 1 aromatic heterocycles. The summed E-state index contributed by atoms with van der Waals surface area (Å²) in [7, 11) is 0. The first-order valence-corrected chi connectivity index (χ1v) is 6.19. The van der Waals surface area contributed by atoms with E-state index in [-0.39, 0.29) is 0 Å². The SMILES string of the molecule is Cc1c(Cl)cccc1-n1ccnc1NC1CC1. The zero-order valence-corrected chi connectivity index (χ0v) is 10.4. The van der Waals surface area contributed by atoms with E-state index in [2.05, 4.69) is 20.9 Å². The van der Waals surface area contributed by atoms with Crippen LogP contribution in [0, 0.1) is 6.92 Å². The zero-order valence-electron chi connectivity index (χ0n) is 9.65. The van der Waals surface area contributed by atoms with Crippen molar-refractivity contribution in [2.75, 3.05) is 5.32 Å². The molecular weight excluding hydrogens is 234 g/mol. The molecule has 1 fully saturated rings. The van der Waals surface area contributed by atoms with E-state index < -0.39 is 0 Å². The molecule has 88 valence electrons. The highest BCUT2D eigenvalue weighted by Crippen LogP contribution is 2.28. The van der Waals surface area contributed by atoms with E-state index in [1.54, 1.807) is 0 Å². The van der Waals surface area contributed by atoms with Gasteiger partial charge in [0.1, 0.15) is 0 Å². The largest absolute Gasteiger partial charge is 0.353 e. The van der Waals surface area contributed by atoms with Crippen molar-refractivity contribution in [3.63, 3.8) is 0 Å². The Balaban J connectivity index is 2.02. The molecule has 1 aromatic carbocycles. The summed E-state index contributed by atoms with van der Waals surface area (Å²) in [6, 6.07) is 6.52. The quantitative estimate of drug-likeness (QED) is 0.901. The topological polar surface area (TPSA) is 29.9 Å². The van der Waals surface area contributed by atoms with Gasteiger partial charge in [0.05, 0.1) is 5.69 Å². The molecule has 3 rings (SSSR count). The number of imidazole rings is 1. The molecule has 1 N–H and O–H groups in total. The fourth-order valence-electron chi connectivity index (χ4n) is 1.87. The standard InChI is InChI=1S/C13H14ClN3/c1-9-11(14)3-2-4-12(9)17-8-7-15-13(17)16-10-5-6-10/h2-4,7-8,10H,5-6H2,1H3,(H,15,16). The molecule has 0 aliphatic heterocycles. The molecule has 1 aliphatic rings. The van der Waals surface area contributed by atoms with Crippen LogP contribution in [0.3, 0.4) is 0 Å². The van der Waals surface area contributed by atoms with Gasteiger partial charge in [0, 0.05) is 23.5 Å². The number of aromatic nitrogens is 2. The van der Waals surface area contributed by atoms with Gasteiger partial charge in [-0.25, -0.2) is 4.98 Å². The van der Waals surface area contributed by atoms with E-state index in [1.165, 1.54) is 12.8 Å². The predicted molar refractivity (Wildman–Crippen MR) is 70.0 cm³/mol. The summed E-state index contributed by atoms with van der Waals surface area (Å²) in [5.41, 5.74) is 2.16. The second-order valence-electron chi connectivity index (χ2n) is 4.42. The number of anilines is 1. The molecule has 1 aliphatic carbocycles. The Morgan fingerprint density at radius 1 is 1.41 bits per heavy atom. The molecule has 3 nitrogen and oxygen atoms in total. The summed E-state index contributed by atoms with van der Waals surface area (Å²) in [6.07, 6.45) is 6.25. The van der Waals surface area contributed by atoms with E-state index in [4.69, 9.17) is 11.6 Å². The monoisotopic (exact) mass is 247 g/mol. The summed E-state index contributed by atoms with van der Waals surface area (Å²) in [5.74, 6) is 0.901. The highest BCUT2D eigenvalue weighted by Gasteiger charge is 2.23. The van der Waals surface area contributed by atoms with Crippen molar-refractivity contribution < 1.29 is 0 Å². The van der Waals surface area contributed by atoms with Crippen molar-refractivity contribution in [3.05, 3.63) is 41.2 Å². The molecule has 0 bridgehead atoms. The Morgan fingerprint density at radius 3 is 3.00 bits per heavy atom. The molecule has 0 spiro atoms. The van der Waals surface area contributed by atoms with Crippen LogP contribution in [-0.4, -0.2) is 15.6 Å². The van der Waals surface area contributed by atoms with Crippen LogP contribution in [-0.2, 0) is 0 Å². The second kappa shape index (κ2) is 4.08. The van der Waals surface area contributed by atoms with Crippen LogP contribution in [0.25, 0.3) is 5.69 Å². The lowest BCUT2D eigenvalue weighted by atomic mass is 10.2. The molecule has 4 heteroatoms. The maximum absolute atomic E-state index is 6.15. The third-order valence-electron chi connectivity index (χ3n) is 3.05. The van der Waals surface area contributed by atoms with Gasteiger partial charge in [-0.05, 0) is 37.5 Å². The molecule has 2 aromatic rings. The van der Waals surface area contributed by atoms with Crippen LogP contribution in [0.5, 0.6) is 0 Å². The number of halogens is 1. The zero-order chi connectivity index (χ0) is 11.8. The van der Waals surface area contributed by atoms with E-state index in [0.29, 0.717) is 6.04 Å². The van der Waals surface area contributed by atoms with Crippen molar-refractivity contribution in [2.24, 2.45) is 0 Å². The summed E-state index contributed by atoms with van der Waals surface area (Å²) in [5, 5.41) is 4.20. The fourth-order valence-corrected chi connectivity index (χ4v) is 2.04. The molecule has 17 heavy (non-hydrogen) atoms. The first kappa shape index (κ1) is 10.7. The Kier molecular flexibility index (Phi) is 2.56. The van der Waals surface area contributed by atoms with Crippen molar-refractivity contribution in [1.82, 2.24) is 9.55 Å². The van der Waals surface area contributed by atoms with Gasteiger partial charge < -0.3 is 5.32 Å². The van der Waals surface area contributed by atoms with Gasteiger partial charge in [-0.2, -0.15) is 0 Å². The first-order chi connectivity index (χ1) is 8.25. The van der Waals surface area contributed by atoms with Gasteiger partial charge in [-0.1, -0.05) is 17.7 Å². The van der Waals surface area contributed by atoms with Crippen LogP contribution in [0.2, 0.25) is 5.02 Å². The van der Waals surface area contributed by atoms with E-state index in [1.807, 2.05) is 31.5 Å². The Hall–Kier alpha value is -1.48. The second-order valence-corrected chi connectivity index (χ2v) is 4.83. The normalized spacial score (nSPS) is 14.9. The van der Waals surface area contributed by atoms with Crippen LogP contribution in [0.4, 0.5) is 5.95 Å². The van der Waals surface area contributed by atoms with Crippen LogP contribution in [0.1, 0.15) is 18.4 Å². The molecule has 0 radical (unpaired) electrons. The lowest BCUT2D eigenvalue weighted by Crippen LogP contribution is -2.08. The van der Waals surface area contributed by atoms with Crippen LogP contribution < -0.4 is 5.32 Å². The lowest BCUT2D eigenvalue weighted by Gasteiger charge is -2.12. The molecule has 0 saturated heterocycles. The van der Waals surface area contributed by atoms with Crippen LogP contribution in [0.15, 0.2) is 30.6 Å². The Bertz CT molecular complexity index is 543. The van der Waals surface area contributed by atoms with Crippen molar-refractivity contribution in [2.45, 2.75) is 25.8 Å². The molecule has 0 unspecified atom stereocenters. The van der Waals surface area contributed by atoms with Gasteiger partial charge in [0.2, 0.25) is 5.95 Å².